The van der Waals surface area contributed by atoms with Crippen LogP contribution in [0.5, 0.6) is 0 Å². The minimum atomic E-state index is -1.80. The lowest BCUT2D eigenvalue weighted by molar-refractivity contribution is -0.163. The van der Waals surface area contributed by atoms with E-state index in [4.69, 9.17) is 9.47 Å². The standard InChI is InChI=1S/C21H22N2O4/c1-15-22-21(19(24)26-2,20(25)27-3)18(17-12-8-5-9-13-17)23(15)14-16-10-6-4-7-11-16/h4-13,18H,14H2,1-3H3. The van der Waals surface area contributed by atoms with Gasteiger partial charge >= 0.3 is 11.9 Å². The Balaban J connectivity index is 2.15. The predicted molar refractivity (Wildman–Crippen MR) is 101 cm³/mol. The average Bonchev–Trinajstić information content (AvgIpc) is 3.01. The quantitative estimate of drug-likeness (QED) is 0.601. The van der Waals surface area contributed by atoms with E-state index in [1.54, 1.807) is 6.92 Å². The minimum absolute atomic E-state index is 0.492. The number of carbonyl (C=O) groups is 2. The molecule has 0 saturated carbocycles. The highest BCUT2D eigenvalue weighted by atomic mass is 16.5. The first-order valence-corrected chi connectivity index (χ1v) is 8.63. The molecule has 1 aliphatic rings. The third-order valence-corrected chi connectivity index (χ3v) is 4.77. The van der Waals surface area contributed by atoms with Gasteiger partial charge in [-0.25, -0.2) is 14.6 Å². The van der Waals surface area contributed by atoms with Gasteiger partial charge < -0.3 is 14.4 Å². The molecule has 0 aliphatic carbocycles. The fourth-order valence-corrected chi connectivity index (χ4v) is 3.54. The molecule has 6 heteroatoms. The lowest BCUT2D eigenvalue weighted by Gasteiger charge is -2.34. The Morgan fingerprint density at radius 2 is 1.48 bits per heavy atom. The highest BCUT2D eigenvalue weighted by Crippen LogP contribution is 2.43. The first kappa shape index (κ1) is 18.6. The monoisotopic (exact) mass is 366 g/mol. The van der Waals surface area contributed by atoms with E-state index in [0.717, 1.165) is 11.1 Å². The van der Waals surface area contributed by atoms with Crippen LogP contribution in [0.4, 0.5) is 0 Å². The van der Waals surface area contributed by atoms with Crippen molar-refractivity contribution in [2.45, 2.75) is 25.0 Å². The third-order valence-electron chi connectivity index (χ3n) is 4.77. The second-order valence-electron chi connectivity index (χ2n) is 6.34. The van der Waals surface area contributed by atoms with Crippen molar-refractivity contribution in [1.29, 1.82) is 0 Å². The Morgan fingerprint density at radius 3 is 2.00 bits per heavy atom. The summed E-state index contributed by atoms with van der Waals surface area (Å²) in [6, 6.07) is 18.5. The maximum atomic E-state index is 12.8. The number of rotatable bonds is 5. The summed E-state index contributed by atoms with van der Waals surface area (Å²) in [6.07, 6.45) is 0. The van der Waals surface area contributed by atoms with Gasteiger partial charge in [-0.2, -0.15) is 0 Å². The molecule has 6 nitrogen and oxygen atoms in total. The van der Waals surface area contributed by atoms with Crippen molar-refractivity contribution < 1.29 is 19.1 Å². The van der Waals surface area contributed by atoms with E-state index in [9.17, 15) is 9.59 Å². The van der Waals surface area contributed by atoms with Gasteiger partial charge in [-0.05, 0) is 18.1 Å². The van der Waals surface area contributed by atoms with Crippen molar-refractivity contribution in [2.24, 2.45) is 4.99 Å². The number of nitrogens with zero attached hydrogens (tertiary/aromatic N) is 2. The van der Waals surface area contributed by atoms with Gasteiger partial charge in [0.05, 0.1) is 20.1 Å². The molecule has 0 radical (unpaired) electrons. The number of esters is 2. The van der Waals surface area contributed by atoms with Gasteiger partial charge in [-0.15, -0.1) is 0 Å². The molecule has 1 atom stereocenters. The molecule has 0 spiro atoms. The van der Waals surface area contributed by atoms with Crippen LogP contribution in [0.15, 0.2) is 65.7 Å². The average molecular weight is 366 g/mol. The molecule has 1 aliphatic heterocycles. The van der Waals surface area contributed by atoms with Crippen LogP contribution in [0.2, 0.25) is 0 Å². The molecule has 0 amide bonds. The van der Waals surface area contributed by atoms with Gasteiger partial charge in [0.1, 0.15) is 6.04 Å². The van der Waals surface area contributed by atoms with E-state index in [-0.39, 0.29) is 0 Å². The second kappa shape index (κ2) is 7.61. The molecule has 0 N–H and O–H groups in total. The molecule has 140 valence electrons. The van der Waals surface area contributed by atoms with Crippen LogP contribution in [0, 0.1) is 0 Å². The van der Waals surface area contributed by atoms with Crippen LogP contribution >= 0.6 is 0 Å². The van der Waals surface area contributed by atoms with Crippen molar-refractivity contribution in [3.05, 3.63) is 71.8 Å². The molecule has 1 unspecified atom stereocenters. The number of amidine groups is 1. The Hall–Kier alpha value is -3.15. The fourth-order valence-electron chi connectivity index (χ4n) is 3.54. The van der Waals surface area contributed by atoms with Crippen LogP contribution < -0.4 is 0 Å². The van der Waals surface area contributed by atoms with Crippen molar-refractivity contribution >= 4 is 17.8 Å². The topological polar surface area (TPSA) is 68.2 Å². The number of ether oxygens (including phenoxy) is 2. The summed E-state index contributed by atoms with van der Waals surface area (Å²) in [7, 11) is 2.50. The lowest BCUT2D eigenvalue weighted by Crippen LogP contribution is -2.52. The zero-order chi connectivity index (χ0) is 19.4. The molecule has 27 heavy (non-hydrogen) atoms. The van der Waals surface area contributed by atoms with E-state index in [1.807, 2.05) is 65.6 Å². The molecule has 0 aromatic heterocycles. The van der Waals surface area contributed by atoms with E-state index in [1.165, 1.54) is 14.2 Å². The summed E-state index contributed by atoms with van der Waals surface area (Å²) in [5, 5.41) is 0. The van der Waals surface area contributed by atoms with Gasteiger partial charge in [-0.3, -0.25) is 0 Å². The second-order valence-corrected chi connectivity index (χ2v) is 6.34. The molecule has 3 rings (SSSR count). The number of carbonyl (C=O) groups excluding carboxylic acids is 2. The maximum Gasteiger partial charge on any atom is 0.348 e. The first-order valence-electron chi connectivity index (χ1n) is 8.63. The lowest BCUT2D eigenvalue weighted by atomic mass is 9.85. The molecule has 0 bridgehead atoms. The van der Waals surface area contributed by atoms with Gasteiger partial charge in [0, 0.05) is 6.54 Å². The van der Waals surface area contributed by atoms with Crippen molar-refractivity contribution in [3.63, 3.8) is 0 Å². The van der Waals surface area contributed by atoms with Crippen molar-refractivity contribution in [2.75, 3.05) is 14.2 Å². The van der Waals surface area contributed by atoms with E-state index in [0.29, 0.717) is 12.4 Å². The number of benzene rings is 2. The highest BCUT2D eigenvalue weighted by Gasteiger charge is 2.61. The van der Waals surface area contributed by atoms with Crippen molar-refractivity contribution in [3.8, 4) is 0 Å². The zero-order valence-corrected chi connectivity index (χ0v) is 15.6. The van der Waals surface area contributed by atoms with Gasteiger partial charge in [-0.1, -0.05) is 60.7 Å². The summed E-state index contributed by atoms with van der Waals surface area (Å²) in [5.74, 6) is -0.903. The summed E-state index contributed by atoms with van der Waals surface area (Å²) < 4.78 is 9.97. The van der Waals surface area contributed by atoms with Gasteiger partial charge in [0.25, 0.3) is 5.54 Å². The minimum Gasteiger partial charge on any atom is -0.467 e. The van der Waals surface area contributed by atoms with E-state index in [2.05, 4.69) is 4.99 Å². The van der Waals surface area contributed by atoms with Crippen LogP contribution in [0.1, 0.15) is 24.1 Å². The molecule has 0 fully saturated rings. The summed E-state index contributed by atoms with van der Waals surface area (Å²) in [4.78, 5) is 32.0. The van der Waals surface area contributed by atoms with Crippen LogP contribution in [0.3, 0.4) is 0 Å². The largest absolute Gasteiger partial charge is 0.467 e. The normalized spacial score (nSPS) is 18.0. The van der Waals surface area contributed by atoms with Gasteiger partial charge in [0.15, 0.2) is 0 Å². The Labute approximate surface area is 158 Å². The predicted octanol–water partition coefficient (Wildman–Crippen LogP) is 2.75. The van der Waals surface area contributed by atoms with E-state index >= 15 is 0 Å². The fraction of sp³-hybridized carbons (Fsp3) is 0.286. The summed E-state index contributed by atoms with van der Waals surface area (Å²) in [5.41, 5.74) is 0.0207. The number of methoxy groups -OCH3 is 2. The number of hydrogen-bond donors (Lipinski definition) is 0. The highest BCUT2D eigenvalue weighted by molar-refractivity contribution is 6.10. The van der Waals surface area contributed by atoms with E-state index < -0.39 is 23.5 Å². The molecular formula is C21H22N2O4. The van der Waals surface area contributed by atoms with Crippen LogP contribution in [-0.4, -0.2) is 42.4 Å². The smallest absolute Gasteiger partial charge is 0.348 e. The molecule has 2 aromatic rings. The Morgan fingerprint density at radius 1 is 0.963 bits per heavy atom. The SMILES string of the molecule is COC(=O)C1(C(=O)OC)N=C(C)N(Cc2ccccc2)C1c1ccccc1. The van der Waals surface area contributed by atoms with Crippen LogP contribution in [-0.2, 0) is 25.6 Å². The first-order chi connectivity index (χ1) is 13.0. The Kier molecular flexibility index (Phi) is 5.26. The zero-order valence-electron chi connectivity index (χ0n) is 15.6. The third kappa shape index (κ3) is 3.18. The summed E-state index contributed by atoms with van der Waals surface area (Å²) in [6.45, 7) is 2.28. The van der Waals surface area contributed by atoms with Gasteiger partial charge in [0.2, 0.25) is 0 Å². The Bertz CT molecular complexity index is 833. The molecular weight excluding hydrogens is 344 g/mol. The van der Waals surface area contributed by atoms with Crippen molar-refractivity contribution in [1.82, 2.24) is 4.90 Å². The maximum absolute atomic E-state index is 12.8. The molecule has 1 heterocycles. The number of hydrogen-bond acceptors (Lipinski definition) is 6. The van der Waals surface area contributed by atoms with Crippen LogP contribution in [0.25, 0.3) is 0 Å². The number of aliphatic imine (C=N–C) groups is 1. The molecule has 0 saturated heterocycles. The molecule has 2 aromatic carbocycles. The summed E-state index contributed by atoms with van der Waals surface area (Å²) >= 11 is 0.